The van der Waals surface area contributed by atoms with Crippen LogP contribution in [0.25, 0.3) is 0 Å². The van der Waals surface area contributed by atoms with E-state index < -0.39 is 0 Å². The Balaban J connectivity index is 1.57. The van der Waals surface area contributed by atoms with Crippen LogP contribution >= 0.6 is 23.5 Å². The van der Waals surface area contributed by atoms with Crippen LogP contribution in [0.3, 0.4) is 0 Å². The number of rotatable bonds is 5. The van der Waals surface area contributed by atoms with E-state index in [-0.39, 0.29) is 5.91 Å². The van der Waals surface area contributed by atoms with Crippen LogP contribution in [0.4, 0.5) is 11.4 Å². The van der Waals surface area contributed by atoms with Gasteiger partial charge in [-0.2, -0.15) is 5.26 Å². The molecule has 1 aliphatic carbocycles. The Morgan fingerprint density at radius 1 is 1.11 bits per heavy atom. The first-order valence-electron chi connectivity index (χ1n) is 11.9. The van der Waals surface area contributed by atoms with E-state index in [0.29, 0.717) is 23.0 Å². The third-order valence-corrected chi connectivity index (χ3v) is 8.82. The van der Waals surface area contributed by atoms with Crippen LogP contribution in [-0.2, 0) is 11.3 Å². The van der Waals surface area contributed by atoms with Crippen LogP contribution in [0, 0.1) is 11.3 Å². The zero-order valence-corrected chi connectivity index (χ0v) is 21.5. The number of benzene rings is 2. The van der Waals surface area contributed by atoms with E-state index in [4.69, 9.17) is 4.99 Å². The normalized spacial score (nSPS) is 21.1. The molecule has 0 unspecified atom stereocenters. The van der Waals surface area contributed by atoms with Gasteiger partial charge in [0.1, 0.15) is 4.91 Å². The first-order chi connectivity index (χ1) is 17.1. The minimum Gasteiger partial charge on any atom is -0.384 e. The number of thioether (sulfide) groups is 2. The Labute approximate surface area is 214 Å². The lowest BCUT2D eigenvalue weighted by Crippen LogP contribution is -2.29. The van der Waals surface area contributed by atoms with Crippen LogP contribution in [-0.4, -0.2) is 34.5 Å². The molecule has 2 heterocycles. The highest BCUT2D eigenvalue weighted by Gasteiger charge is 2.40. The molecule has 35 heavy (non-hydrogen) atoms. The average molecular weight is 502 g/mol. The maximum absolute atomic E-state index is 13.8. The zero-order valence-electron chi connectivity index (χ0n) is 19.9. The van der Waals surface area contributed by atoms with Crippen LogP contribution in [0.1, 0.15) is 43.7 Å². The van der Waals surface area contributed by atoms with Gasteiger partial charge < -0.3 is 10.2 Å². The summed E-state index contributed by atoms with van der Waals surface area (Å²) in [6.45, 7) is 3.20. The highest BCUT2D eigenvalue weighted by molar-refractivity contribution is 8.19. The number of hydrogen-bond donors (Lipinski definition) is 1. The summed E-state index contributed by atoms with van der Waals surface area (Å²) in [5.41, 5.74) is 4.44. The van der Waals surface area contributed by atoms with Gasteiger partial charge in [0.25, 0.3) is 5.91 Å². The van der Waals surface area contributed by atoms with E-state index in [0.717, 1.165) is 40.6 Å². The molecule has 0 spiro atoms. The van der Waals surface area contributed by atoms with E-state index >= 15 is 0 Å². The van der Waals surface area contributed by atoms with Gasteiger partial charge in [-0.3, -0.25) is 9.69 Å². The van der Waals surface area contributed by atoms with E-state index in [1.54, 1.807) is 28.8 Å². The van der Waals surface area contributed by atoms with Gasteiger partial charge in [-0.1, -0.05) is 42.1 Å². The third-order valence-electron chi connectivity index (χ3n) is 6.27. The number of nitrogens with one attached hydrogen (secondary N) is 1. The lowest BCUT2D eigenvalue weighted by Gasteiger charge is -2.20. The monoisotopic (exact) mass is 501 g/mol. The van der Waals surface area contributed by atoms with E-state index in [1.807, 2.05) is 43.3 Å². The predicted octanol–water partition coefficient (Wildman–Crippen LogP) is 6.39. The SMILES string of the molecule is CCNc1ccc(C#N)cc1/N=C1\S/C(=C2\SC3=C(CCCC3)N2C)C(=O)N1Cc1ccccc1. The van der Waals surface area contributed by atoms with Crippen molar-refractivity contribution in [2.24, 2.45) is 4.99 Å². The number of anilines is 1. The molecular weight excluding hydrogens is 474 g/mol. The first kappa shape index (κ1) is 23.6. The van der Waals surface area contributed by atoms with Gasteiger partial charge in [0.05, 0.1) is 34.6 Å². The van der Waals surface area contributed by atoms with Crippen molar-refractivity contribution < 1.29 is 4.79 Å². The average Bonchev–Trinajstić information content (AvgIpc) is 3.37. The number of nitrogens with zero attached hydrogens (tertiary/aromatic N) is 4. The minimum absolute atomic E-state index is 0.0201. The van der Waals surface area contributed by atoms with Gasteiger partial charge in [-0.05, 0) is 68.1 Å². The molecule has 2 aromatic rings. The van der Waals surface area contributed by atoms with Crippen molar-refractivity contribution in [3.63, 3.8) is 0 Å². The highest BCUT2D eigenvalue weighted by atomic mass is 32.2. The number of carbonyl (C=O) groups excluding carboxylic acids is 1. The fourth-order valence-corrected chi connectivity index (χ4v) is 7.01. The number of carbonyl (C=O) groups is 1. The van der Waals surface area contributed by atoms with Gasteiger partial charge in [-0.25, -0.2) is 4.99 Å². The highest BCUT2D eigenvalue weighted by Crippen LogP contribution is 2.51. The smallest absolute Gasteiger partial charge is 0.269 e. The molecule has 1 fully saturated rings. The van der Waals surface area contributed by atoms with E-state index in [2.05, 4.69) is 23.3 Å². The van der Waals surface area contributed by atoms with Gasteiger partial charge in [0, 0.05) is 24.2 Å². The number of amides is 1. The van der Waals surface area contributed by atoms with Gasteiger partial charge >= 0.3 is 0 Å². The molecule has 1 saturated heterocycles. The van der Waals surface area contributed by atoms with Crippen molar-refractivity contribution in [1.82, 2.24) is 9.80 Å². The fourth-order valence-electron chi connectivity index (χ4n) is 4.49. The van der Waals surface area contributed by atoms with Crippen molar-refractivity contribution >= 4 is 46.0 Å². The van der Waals surface area contributed by atoms with Crippen LogP contribution in [0.15, 0.2) is 74.1 Å². The molecule has 2 aromatic carbocycles. The first-order valence-corrected chi connectivity index (χ1v) is 13.5. The molecule has 1 amide bonds. The summed E-state index contributed by atoms with van der Waals surface area (Å²) in [7, 11) is 2.08. The molecule has 0 aromatic heterocycles. The predicted molar refractivity (Wildman–Crippen MR) is 145 cm³/mol. The lowest BCUT2D eigenvalue weighted by molar-refractivity contribution is -0.122. The summed E-state index contributed by atoms with van der Waals surface area (Å²) in [5, 5.41) is 14.4. The third kappa shape index (κ3) is 4.71. The van der Waals surface area contributed by atoms with Crippen LogP contribution in [0.2, 0.25) is 0 Å². The fraction of sp³-hybridized carbons (Fsp3) is 0.296. The second-order valence-electron chi connectivity index (χ2n) is 8.62. The summed E-state index contributed by atoms with van der Waals surface area (Å²) >= 11 is 3.18. The quantitative estimate of drug-likeness (QED) is 0.479. The Kier molecular flexibility index (Phi) is 6.89. The van der Waals surface area contributed by atoms with E-state index in [1.165, 1.54) is 35.2 Å². The summed E-state index contributed by atoms with van der Waals surface area (Å²) < 4.78 is 0. The summed E-state index contributed by atoms with van der Waals surface area (Å²) in [5.74, 6) is -0.0201. The number of amidine groups is 1. The molecule has 5 rings (SSSR count). The van der Waals surface area contributed by atoms with Gasteiger partial charge in [0.2, 0.25) is 0 Å². The van der Waals surface area contributed by atoms with Crippen LogP contribution in [0.5, 0.6) is 0 Å². The van der Waals surface area contributed by atoms with Crippen LogP contribution < -0.4 is 5.32 Å². The molecule has 0 radical (unpaired) electrons. The standard InChI is InChI=1S/C27H27N5OS2/c1-3-29-20-14-13-19(16-28)15-21(20)30-27-32(17-18-9-5-4-6-10-18)25(33)24(35-27)26-31(2)22-11-7-8-12-23(22)34-26/h4-6,9-10,13-15,29H,3,7-8,11-12,17H2,1-2H3/b26-24-,30-27-. The van der Waals surface area contributed by atoms with Gasteiger partial charge in [0.15, 0.2) is 5.17 Å². The minimum atomic E-state index is -0.0201. The molecule has 1 N–H and O–H groups in total. The molecule has 2 aliphatic heterocycles. The Hall–Kier alpha value is -3.15. The van der Waals surface area contributed by atoms with Crippen molar-refractivity contribution in [2.75, 3.05) is 18.9 Å². The summed E-state index contributed by atoms with van der Waals surface area (Å²) in [6.07, 6.45) is 4.55. The van der Waals surface area contributed by atoms with Crippen molar-refractivity contribution in [3.05, 3.63) is 80.2 Å². The molecule has 178 valence electrons. The lowest BCUT2D eigenvalue weighted by atomic mass is 10.0. The number of hydrogen-bond acceptors (Lipinski definition) is 7. The molecule has 6 nitrogen and oxygen atoms in total. The second-order valence-corrected chi connectivity index (χ2v) is 10.7. The number of nitriles is 1. The molecule has 0 atom stereocenters. The number of aliphatic imine (C=N–C) groups is 1. The zero-order chi connectivity index (χ0) is 24.4. The topological polar surface area (TPSA) is 71.7 Å². The Morgan fingerprint density at radius 3 is 2.66 bits per heavy atom. The Bertz CT molecular complexity index is 1290. The summed E-state index contributed by atoms with van der Waals surface area (Å²) in [6, 6.07) is 17.6. The van der Waals surface area contributed by atoms with Crippen molar-refractivity contribution in [2.45, 2.75) is 39.2 Å². The Morgan fingerprint density at radius 2 is 1.91 bits per heavy atom. The molecular formula is C27H27N5OS2. The van der Waals surface area contributed by atoms with Gasteiger partial charge in [-0.15, -0.1) is 0 Å². The maximum atomic E-state index is 13.8. The van der Waals surface area contributed by atoms with Crippen molar-refractivity contribution in [1.29, 1.82) is 5.26 Å². The molecule has 0 bridgehead atoms. The largest absolute Gasteiger partial charge is 0.384 e. The summed E-state index contributed by atoms with van der Waals surface area (Å²) in [4.78, 5) is 24.9. The molecule has 8 heteroatoms. The molecule has 3 aliphatic rings. The second kappa shape index (κ2) is 10.2. The van der Waals surface area contributed by atoms with Crippen molar-refractivity contribution in [3.8, 4) is 6.07 Å². The van der Waals surface area contributed by atoms with E-state index in [9.17, 15) is 10.1 Å². The number of allylic oxidation sites excluding steroid dienone is 2. The molecule has 0 saturated carbocycles. The maximum Gasteiger partial charge on any atom is 0.269 e.